The lowest BCUT2D eigenvalue weighted by molar-refractivity contribution is -0.125. The first-order valence-electron chi connectivity index (χ1n) is 6.68. The van der Waals surface area contributed by atoms with Gasteiger partial charge in [-0.05, 0) is 12.1 Å². The van der Waals surface area contributed by atoms with E-state index in [0.29, 0.717) is 0 Å². The number of nitrogens with one attached hydrogen (secondary N) is 1. The highest BCUT2D eigenvalue weighted by Gasteiger charge is 2.21. The second-order valence-electron chi connectivity index (χ2n) is 4.41. The number of halogens is 1. The normalized spacial score (nSPS) is 10.9. The van der Waals surface area contributed by atoms with Crippen molar-refractivity contribution in [2.45, 2.75) is 6.92 Å². The Balaban J connectivity index is 2.42. The Labute approximate surface area is 136 Å². The number of para-hydroxylation sites is 1. The van der Waals surface area contributed by atoms with E-state index in [9.17, 15) is 14.0 Å². The summed E-state index contributed by atoms with van der Waals surface area (Å²) >= 11 is 0. The van der Waals surface area contributed by atoms with E-state index in [-0.39, 0.29) is 22.9 Å². The molecule has 124 valence electrons. The maximum Gasteiger partial charge on any atom is 0.280 e. The van der Waals surface area contributed by atoms with Gasteiger partial charge in [-0.15, -0.1) is 0 Å². The number of benzene rings is 1. The summed E-state index contributed by atoms with van der Waals surface area (Å²) in [5.41, 5.74) is -0.0196. The Morgan fingerprint density at radius 3 is 2.71 bits per heavy atom. The Bertz CT molecular complexity index is 795. The van der Waals surface area contributed by atoms with Crippen molar-refractivity contribution in [1.29, 1.82) is 0 Å². The third-order valence-corrected chi connectivity index (χ3v) is 2.67. The van der Waals surface area contributed by atoms with Gasteiger partial charge < -0.3 is 9.57 Å². The molecule has 0 spiro atoms. The standard InChI is InChI=1S/C15H13FN4O4/c1-9(21)19-14(22)13(20-23-2)10-5-3-4-6-12(10)24-15-11(16)7-17-8-18-15/h3-8H,1-2H3,(H,19,21,22)/b20-13+. The van der Waals surface area contributed by atoms with E-state index < -0.39 is 17.6 Å². The highest BCUT2D eigenvalue weighted by molar-refractivity contribution is 6.47. The van der Waals surface area contributed by atoms with Crippen LogP contribution in [0.25, 0.3) is 0 Å². The maximum absolute atomic E-state index is 13.7. The summed E-state index contributed by atoms with van der Waals surface area (Å²) in [7, 11) is 1.24. The van der Waals surface area contributed by atoms with Crippen molar-refractivity contribution in [2.24, 2.45) is 5.16 Å². The van der Waals surface area contributed by atoms with Gasteiger partial charge in [-0.2, -0.15) is 9.37 Å². The van der Waals surface area contributed by atoms with Crippen molar-refractivity contribution in [1.82, 2.24) is 15.3 Å². The predicted octanol–water partition coefficient (Wildman–Crippen LogP) is 1.42. The monoisotopic (exact) mass is 332 g/mol. The van der Waals surface area contributed by atoms with Crippen molar-refractivity contribution >= 4 is 17.5 Å². The van der Waals surface area contributed by atoms with E-state index in [0.717, 1.165) is 12.5 Å². The second kappa shape index (κ2) is 7.77. The van der Waals surface area contributed by atoms with Crippen molar-refractivity contribution in [3.05, 3.63) is 48.2 Å². The molecule has 1 N–H and O–H groups in total. The van der Waals surface area contributed by atoms with E-state index in [1.807, 2.05) is 0 Å². The van der Waals surface area contributed by atoms with Gasteiger partial charge >= 0.3 is 0 Å². The van der Waals surface area contributed by atoms with Crippen LogP contribution in [0, 0.1) is 5.82 Å². The topological polar surface area (TPSA) is 103 Å². The molecule has 0 atom stereocenters. The molecule has 0 fully saturated rings. The smallest absolute Gasteiger partial charge is 0.280 e. The summed E-state index contributed by atoms with van der Waals surface area (Å²) in [5, 5.41) is 5.70. The molecule has 0 radical (unpaired) electrons. The van der Waals surface area contributed by atoms with Crippen LogP contribution in [0.15, 0.2) is 41.9 Å². The number of imide groups is 1. The fourth-order valence-electron chi connectivity index (χ4n) is 1.76. The van der Waals surface area contributed by atoms with Crippen LogP contribution in [0.1, 0.15) is 12.5 Å². The molecule has 1 aromatic carbocycles. The molecular formula is C15H13FN4O4. The summed E-state index contributed by atoms with van der Waals surface area (Å²) in [4.78, 5) is 35.1. The fourth-order valence-corrected chi connectivity index (χ4v) is 1.76. The van der Waals surface area contributed by atoms with Gasteiger partial charge in [0.15, 0.2) is 5.71 Å². The summed E-state index contributed by atoms with van der Waals surface area (Å²) in [6.45, 7) is 1.18. The average molecular weight is 332 g/mol. The van der Waals surface area contributed by atoms with Crippen molar-refractivity contribution in [3.63, 3.8) is 0 Å². The fraction of sp³-hybridized carbons (Fsp3) is 0.133. The molecule has 1 aromatic heterocycles. The lowest BCUT2D eigenvalue weighted by atomic mass is 10.1. The Morgan fingerprint density at radius 1 is 1.29 bits per heavy atom. The molecule has 0 saturated heterocycles. The van der Waals surface area contributed by atoms with Gasteiger partial charge in [-0.25, -0.2) is 4.98 Å². The minimum absolute atomic E-state index is 0.101. The molecule has 24 heavy (non-hydrogen) atoms. The summed E-state index contributed by atoms with van der Waals surface area (Å²) in [6, 6.07) is 6.23. The van der Waals surface area contributed by atoms with E-state index in [1.54, 1.807) is 12.1 Å². The van der Waals surface area contributed by atoms with Crippen LogP contribution in [0.5, 0.6) is 11.6 Å². The van der Waals surface area contributed by atoms with Gasteiger partial charge in [0.05, 0.1) is 11.8 Å². The van der Waals surface area contributed by atoms with E-state index in [1.165, 1.54) is 26.2 Å². The van der Waals surface area contributed by atoms with Crippen LogP contribution >= 0.6 is 0 Å². The van der Waals surface area contributed by atoms with Crippen LogP contribution in [0.3, 0.4) is 0 Å². The van der Waals surface area contributed by atoms with Crippen molar-refractivity contribution in [2.75, 3.05) is 7.11 Å². The molecule has 2 rings (SSSR count). The van der Waals surface area contributed by atoms with Gasteiger partial charge in [0, 0.05) is 6.92 Å². The zero-order chi connectivity index (χ0) is 17.5. The number of carbonyl (C=O) groups excluding carboxylic acids is 2. The van der Waals surface area contributed by atoms with Crippen LogP contribution < -0.4 is 10.1 Å². The minimum atomic E-state index is -0.788. The molecule has 0 aliphatic carbocycles. The molecule has 0 aliphatic heterocycles. The highest BCUT2D eigenvalue weighted by atomic mass is 19.1. The Hall–Kier alpha value is -3.36. The average Bonchev–Trinajstić information content (AvgIpc) is 2.55. The van der Waals surface area contributed by atoms with E-state index in [4.69, 9.17) is 4.74 Å². The van der Waals surface area contributed by atoms with Gasteiger partial charge in [0.2, 0.25) is 11.7 Å². The second-order valence-corrected chi connectivity index (χ2v) is 4.41. The molecule has 0 aliphatic rings. The Kier molecular flexibility index (Phi) is 5.50. The van der Waals surface area contributed by atoms with Crippen LogP contribution in [-0.2, 0) is 14.4 Å². The number of amides is 2. The predicted molar refractivity (Wildman–Crippen MR) is 80.9 cm³/mol. The number of carbonyl (C=O) groups is 2. The van der Waals surface area contributed by atoms with Crippen LogP contribution in [-0.4, -0.2) is 34.6 Å². The molecule has 9 heteroatoms. The molecule has 1 heterocycles. The SMILES string of the molecule is CO/N=C(/C(=O)NC(C)=O)c1ccccc1Oc1ncncc1F. The third kappa shape index (κ3) is 4.09. The van der Waals surface area contributed by atoms with E-state index in [2.05, 4.69) is 25.3 Å². The van der Waals surface area contributed by atoms with Crippen molar-refractivity contribution in [3.8, 4) is 11.6 Å². The molecule has 0 unspecified atom stereocenters. The molecular weight excluding hydrogens is 319 g/mol. The molecule has 0 bridgehead atoms. The zero-order valence-electron chi connectivity index (χ0n) is 12.8. The lowest BCUT2D eigenvalue weighted by Gasteiger charge is -2.11. The van der Waals surface area contributed by atoms with Crippen LogP contribution in [0.2, 0.25) is 0 Å². The maximum atomic E-state index is 13.7. The van der Waals surface area contributed by atoms with E-state index >= 15 is 0 Å². The quantitative estimate of drug-likeness (QED) is 0.656. The summed E-state index contributed by atoms with van der Waals surface area (Å²) in [5.74, 6) is -2.34. The molecule has 0 saturated carbocycles. The van der Waals surface area contributed by atoms with Crippen molar-refractivity contribution < 1.29 is 23.6 Å². The highest BCUT2D eigenvalue weighted by Crippen LogP contribution is 2.26. The molecule has 8 nitrogen and oxygen atoms in total. The number of aromatic nitrogens is 2. The first-order chi connectivity index (χ1) is 11.5. The summed E-state index contributed by atoms with van der Waals surface area (Å²) in [6.07, 6.45) is 2.06. The largest absolute Gasteiger partial charge is 0.436 e. The van der Waals surface area contributed by atoms with Gasteiger partial charge in [-0.1, -0.05) is 17.3 Å². The first-order valence-corrected chi connectivity index (χ1v) is 6.68. The number of hydrogen-bond acceptors (Lipinski definition) is 7. The number of hydrogen-bond donors (Lipinski definition) is 1. The molecule has 2 aromatic rings. The number of oxime groups is 1. The number of nitrogens with zero attached hydrogens (tertiary/aromatic N) is 3. The van der Waals surface area contributed by atoms with Gasteiger partial charge in [-0.3, -0.25) is 14.9 Å². The van der Waals surface area contributed by atoms with Gasteiger partial charge in [0.25, 0.3) is 11.8 Å². The number of rotatable bonds is 5. The zero-order valence-corrected chi connectivity index (χ0v) is 12.8. The first kappa shape index (κ1) is 17.0. The Morgan fingerprint density at radius 2 is 2.04 bits per heavy atom. The molecule has 2 amide bonds. The van der Waals surface area contributed by atoms with Crippen LogP contribution in [0.4, 0.5) is 4.39 Å². The number of ether oxygens (including phenoxy) is 1. The van der Waals surface area contributed by atoms with Gasteiger partial charge in [0.1, 0.15) is 19.2 Å². The minimum Gasteiger partial charge on any atom is -0.436 e. The summed E-state index contributed by atoms with van der Waals surface area (Å²) < 4.78 is 19.1. The lowest BCUT2D eigenvalue weighted by Crippen LogP contribution is -2.35. The third-order valence-electron chi connectivity index (χ3n) is 2.67.